The molecule has 0 N–H and O–H groups in total. The predicted octanol–water partition coefficient (Wildman–Crippen LogP) is 0.323. The van der Waals surface area contributed by atoms with Gasteiger partial charge in [-0.15, -0.1) is 0 Å². The van der Waals surface area contributed by atoms with E-state index in [4.69, 9.17) is 0 Å². The Morgan fingerprint density at radius 1 is 1.21 bits per heavy atom. The third-order valence-corrected chi connectivity index (χ3v) is 1.62. The van der Waals surface area contributed by atoms with Crippen LogP contribution in [-0.4, -0.2) is 48.4 Å². The van der Waals surface area contributed by atoms with E-state index in [-0.39, 0.29) is 36.0 Å². The second kappa shape index (κ2) is 6.76. The second-order valence-corrected chi connectivity index (χ2v) is 2.58. The fraction of sp³-hybridized carbons (Fsp3) is 0.200. The van der Waals surface area contributed by atoms with Gasteiger partial charge in [0, 0.05) is 6.42 Å². The number of Topliss-reactive ketones (excluding diaryl/α,β-unsaturated/α-hetero) is 1. The van der Waals surface area contributed by atoms with Crippen LogP contribution in [0.15, 0.2) is 30.3 Å². The number of rotatable bonds is 3. The van der Waals surface area contributed by atoms with Crippen LogP contribution in [0.2, 0.25) is 0 Å². The standard InChI is InChI=1S/C10H10O3.Na.H/c1-13-10(12)9(11)7-8-5-3-2-4-6-8;;/h2-6H,7H2,1H3;;. The first-order chi connectivity index (χ1) is 6.24. The molecule has 0 unspecified atom stereocenters. The van der Waals surface area contributed by atoms with E-state index in [1.807, 2.05) is 18.2 Å². The fourth-order valence-corrected chi connectivity index (χ4v) is 0.967. The summed E-state index contributed by atoms with van der Waals surface area (Å²) in [6, 6.07) is 9.08. The molecule has 0 bridgehead atoms. The number of hydrogen-bond donors (Lipinski definition) is 0. The fourth-order valence-electron chi connectivity index (χ4n) is 0.967. The molecule has 0 fully saturated rings. The number of carbonyl (C=O) groups is 2. The molecule has 0 heterocycles. The van der Waals surface area contributed by atoms with E-state index < -0.39 is 11.8 Å². The van der Waals surface area contributed by atoms with Crippen LogP contribution in [0.3, 0.4) is 0 Å². The van der Waals surface area contributed by atoms with Crippen LogP contribution >= 0.6 is 0 Å². The van der Waals surface area contributed by atoms with Gasteiger partial charge in [-0.3, -0.25) is 4.79 Å². The van der Waals surface area contributed by atoms with Gasteiger partial charge in [-0.2, -0.15) is 0 Å². The molecule has 0 saturated carbocycles. The van der Waals surface area contributed by atoms with Gasteiger partial charge in [0.05, 0.1) is 7.11 Å². The van der Waals surface area contributed by atoms with Gasteiger partial charge in [0.25, 0.3) is 0 Å². The topological polar surface area (TPSA) is 43.4 Å². The Bertz CT molecular complexity index is 308. The summed E-state index contributed by atoms with van der Waals surface area (Å²) in [5, 5.41) is 0. The minimum absolute atomic E-state index is 0. The number of benzene rings is 1. The Morgan fingerprint density at radius 3 is 2.29 bits per heavy atom. The van der Waals surface area contributed by atoms with Crippen LogP contribution in [-0.2, 0) is 20.7 Å². The molecule has 0 aromatic heterocycles. The molecule has 70 valence electrons. The van der Waals surface area contributed by atoms with E-state index in [1.54, 1.807) is 12.1 Å². The monoisotopic (exact) mass is 202 g/mol. The summed E-state index contributed by atoms with van der Waals surface area (Å²) >= 11 is 0. The van der Waals surface area contributed by atoms with Gasteiger partial charge in [-0.05, 0) is 5.56 Å². The zero-order valence-corrected chi connectivity index (χ0v) is 7.32. The first-order valence-electron chi connectivity index (χ1n) is 3.89. The number of carbonyl (C=O) groups excluding carboxylic acids is 2. The predicted molar refractivity (Wildman–Crippen MR) is 54.3 cm³/mol. The summed E-state index contributed by atoms with van der Waals surface area (Å²) < 4.78 is 4.30. The minimum atomic E-state index is -0.788. The quantitative estimate of drug-likeness (QED) is 0.403. The summed E-state index contributed by atoms with van der Waals surface area (Å²) in [5.41, 5.74) is 0.818. The van der Waals surface area contributed by atoms with Gasteiger partial charge in [0.2, 0.25) is 5.78 Å². The molecule has 14 heavy (non-hydrogen) atoms. The van der Waals surface area contributed by atoms with Crippen molar-refractivity contribution in [1.82, 2.24) is 0 Å². The Morgan fingerprint density at radius 2 is 1.79 bits per heavy atom. The summed E-state index contributed by atoms with van der Waals surface area (Å²) in [5.74, 6) is -1.31. The molecule has 3 nitrogen and oxygen atoms in total. The van der Waals surface area contributed by atoms with Gasteiger partial charge in [-0.25, -0.2) is 4.79 Å². The second-order valence-electron chi connectivity index (χ2n) is 2.58. The summed E-state index contributed by atoms with van der Waals surface area (Å²) in [6.07, 6.45) is 0.105. The van der Waals surface area contributed by atoms with Gasteiger partial charge >= 0.3 is 35.5 Å². The molecule has 4 heteroatoms. The van der Waals surface area contributed by atoms with Crippen molar-refractivity contribution in [3.63, 3.8) is 0 Å². The van der Waals surface area contributed by atoms with Crippen molar-refractivity contribution in [2.75, 3.05) is 7.11 Å². The number of ketones is 1. The number of hydrogen-bond acceptors (Lipinski definition) is 3. The molecular formula is C10H11NaO3. The van der Waals surface area contributed by atoms with Gasteiger partial charge in [0.15, 0.2) is 0 Å². The molecular weight excluding hydrogens is 191 g/mol. The van der Waals surface area contributed by atoms with E-state index in [0.717, 1.165) is 5.56 Å². The Kier molecular flexibility index (Phi) is 6.45. The van der Waals surface area contributed by atoms with E-state index in [9.17, 15) is 9.59 Å². The maximum absolute atomic E-state index is 11.1. The molecule has 0 saturated heterocycles. The Hall–Kier alpha value is -0.640. The molecule has 0 radical (unpaired) electrons. The van der Waals surface area contributed by atoms with Crippen molar-refractivity contribution in [2.24, 2.45) is 0 Å². The normalized spacial score (nSPS) is 8.64. The molecule has 0 aliphatic rings. The summed E-state index contributed by atoms with van der Waals surface area (Å²) in [4.78, 5) is 21.8. The summed E-state index contributed by atoms with van der Waals surface area (Å²) in [7, 11) is 1.20. The van der Waals surface area contributed by atoms with Crippen LogP contribution in [0.4, 0.5) is 0 Å². The van der Waals surface area contributed by atoms with E-state index in [2.05, 4.69) is 4.74 Å². The molecule has 1 aromatic carbocycles. The zero-order valence-electron chi connectivity index (χ0n) is 7.32. The Labute approximate surface area is 105 Å². The number of esters is 1. The first kappa shape index (κ1) is 13.4. The average Bonchev–Trinajstić information content (AvgIpc) is 2.18. The van der Waals surface area contributed by atoms with Crippen molar-refractivity contribution in [2.45, 2.75) is 6.42 Å². The molecule has 0 atom stereocenters. The van der Waals surface area contributed by atoms with Crippen LogP contribution in [0.1, 0.15) is 5.56 Å². The molecule has 0 aliphatic carbocycles. The van der Waals surface area contributed by atoms with Gasteiger partial charge in [0.1, 0.15) is 0 Å². The van der Waals surface area contributed by atoms with E-state index in [1.165, 1.54) is 7.11 Å². The summed E-state index contributed by atoms with van der Waals surface area (Å²) in [6.45, 7) is 0. The number of methoxy groups -OCH3 is 1. The van der Waals surface area contributed by atoms with Crippen molar-refractivity contribution in [1.29, 1.82) is 0 Å². The van der Waals surface area contributed by atoms with E-state index >= 15 is 0 Å². The zero-order chi connectivity index (χ0) is 9.68. The van der Waals surface area contributed by atoms with Crippen LogP contribution in [0.25, 0.3) is 0 Å². The average molecular weight is 202 g/mol. The molecule has 0 amide bonds. The molecule has 1 aromatic rings. The third kappa shape index (κ3) is 4.05. The third-order valence-electron chi connectivity index (χ3n) is 1.62. The van der Waals surface area contributed by atoms with Crippen LogP contribution in [0.5, 0.6) is 0 Å². The number of ether oxygens (including phenoxy) is 1. The van der Waals surface area contributed by atoms with Crippen LogP contribution < -0.4 is 0 Å². The molecule has 0 spiro atoms. The van der Waals surface area contributed by atoms with Crippen LogP contribution in [0, 0.1) is 0 Å². The molecule has 0 aliphatic heterocycles. The van der Waals surface area contributed by atoms with Crippen molar-refractivity contribution in [3.05, 3.63) is 35.9 Å². The van der Waals surface area contributed by atoms with Gasteiger partial charge < -0.3 is 4.74 Å². The maximum atomic E-state index is 11.1. The Balaban J connectivity index is 0.00000169. The van der Waals surface area contributed by atoms with E-state index in [0.29, 0.717) is 0 Å². The van der Waals surface area contributed by atoms with Crippen molar-refractivity contribution in [3.8, 4) is 0 Å². The first-order valence-corrected chi connectivity index (χ1v) is 3.89. The van der Waals surface area contributed by atoms with Crippen molar-refractivity contribution >= 4 is 41.3 Å². The van der Waals surface area contributed by atoms with Gasteiger partial charge in [-0.1, -0.05) is 30.3 Å². The van der Waals surface area contributed by atoms with Crippen molar-refractivity contribution < 1.29 is 14.3 Å². The molecule has 1 rings (SSSR count). The SMILES string of the molecule is COC(=O)C(=O)Cc1ccccc1.[NaH].